The van der Waals surface area contributed by atoms with Crippen molar-refractivity contribution >= 4 is 11.6 Å². The standard InChI is InChI=1S/C16H20N2O2/c1-10(19)9-18-13-7-11-14(20-4)5-6-16(2,3)15(11)12(13)8-17-18/h5-8,10,19H,9H2,1-4H3/t10-/m1/s1. The van der Waals surface area contributed by atoms with Gasteiger partial charge in [-0.05, 0) is 24.6 Å². The maximum absolute atomic E-state index is 9.58. The fraction of sp³-hybridized carbons (Fsp3) is 0.438. The van der Waals surface area contributed by atoms with E-state index in [1.807, 2.05) is 17.0 Å². The molecule has 0 aromatic carbocycles. The number of aliphatic hydroxyl groups excluding tert-OH is 1. The summed E-state index contributed by atoms with van der Waals surface area (Å²) in [4.78, 5) is 0. The van der Waals surface area contributed by atoms with Gasteiger partial charge in [0.2, 0.25) is 0 Å². The average molecular weight is 272 g/mol. The normalized spacial score (nSPS) is 20.6. The SMILES string of the molecule is COC1=C2C=c3c(cnn3C[C@@H](C)O)=C2C(C)(C)C=C1. The van der Waals surface area contributed by atoms with Gasteiger partial charge in [0, 0.05) is 16.2 Å². The molecule has 4 nitrogen and oxygen atoms in total. The van der Waals surface area contributed by atoms with E-state index in [9.17, 15) is 5.11 Å². The van der Waals surface area contributed by atoms with Crippen LogP contribution < -0.4 is 10.6 Å². The van der Waals surface area contributed by atoms with Gasteiger partial charge in [-0.1, -0.05) is 19.9 Å². The first-order valence-corrected chi connectivity index (χ1v) is 6.88. The molecule has 4 heteroatoms. The Labute approximate surface area is 118 Å². The maximum Gasteiger partial charge on any atom is 0.126 e. The zero-order valence-corrected chi connectivity index (χ0v) is 12.3. The maximum atomic E-state index is 9.58. The number of hydrogen-bond acceptors (Lipinski definition) is 3. The summed E-state index contributed by atoms with van der Waals surface area (Å²) in [5, 5.41) is 16.2. The first-order valence-electron chi connectivity index (χ1n) is 6.88. The second-order valence-electron chi connectivity index (χ2n) is 6.03. The lowest BCUT2D eigenvalue weighted by Gasteiger charge is -2.28. The Balaban J connectivity index is 2.27. The van der Waals surface area contributed by atoms with Crippen molar-refractivity contribution in [2.24, 2.45) is 5.41 Å². The molecule has 106 valence electrons. The van der Waals surface area contributed by atoms with E-state index in [2.05, 4.69) is 31.1 Å². The number of fused-ring (bicyclic) bond motifs is 2. The lowest BCUT2D eigenvalue weighted by atomic mass is 9.77. The molecule has 1 N–H and O–H groups in total. The van der Waals surface area contributed by atoms with Crippen LogP contribution in [0.1, 0.15) is 20.8 Å². The van der Waals surface area contributed by atoms with Crippen molar-refractivity contribution in [3.8, 4) is 0 Å². The van der Waals surface area contributed by atoms with E-state index in [-0.39, 0.29) is 5.41 Å². The van der Waals surface area contributed by atoms with Crippen LogP contribution >= 0.6 is 0 Å². The highest BCUT2D eigenvalue weighted by molar-refractivity contribution is 5.87. The summed E-state index contributed by atoms with van der Waals surface area (Å²) in [5.74, 6) is 0.888. The van der Waals surface area contributed by atoms with Gasteiger partial charge in [0.05, 0.1) is 31.3 Å². The predicted molar refractivity (Wildman–Crippen MR) is 78.0 cm³/mol. The highest BCUT2D eigenvalue weighted by atomic mass is 16.5. The zero-order valence-electron chi connectivity index (χ0n) is 12.3. The molecule has 0 aliphatic heterocycles. The molecule has 2 aliphatic carbocycles. The molecule has 3 rings (SSSR count). The molecule has 0 bridgehead atoms. The Hall–Kier alpha value is -1.81. The Morgan fingerprint density at radius 2 is 2.20 bits per heavy atom. The quantitative estimate of drug-likeness (QED) is 0.881. The number of nitrogens with zero attached hydrogens (tertiary/aromatic N) is 2. The van der Waals surface area contributed by atoms with Crippen LogP contribution in [0.5, 0.6) is 0 Å². The van der Waals surface area contributed by atoms with Crippen molar-refractivity contribution in [2.75, 3.05) is 7.11 Å². The van der Waals surface area contributed by atoms with Crippen LogP contribution in [0.3, 0.4) is 0 Å². The van der Waals surface area contributed by atoms with Crippen LogP contribution in [0.2, 0.25) is 0 Å². The third-order valence-corrected chi connectivity index (χ3v) is 3.92. The van der Waals surface area contributed by atoms with Gasteiger partial charge in [-0.25, -0.2) is 0 Å². The fourth-order valence-corrected chi connectivity index (χ4v) is 3.01. The van der Waals surface area contributed by atoms with Crippen molar-refractivity contribution in [3.05, 3.63) is 40.2 Å². The summed E-state index contributed by atoms with van der Waals surface area (Å²) in [6.45, 7) is 6.66. The van der Waals surface area contributed by atoms with E-state index < -0.39 is 6.10 Å². The molecule has 20 heavy (non-hydrogen) atoms. The van der Waals surface area contributed by atoms with E-state index in [4.69, 9.17) is 4.74 Å². The molecule has 0 fully saturated rings. The summed E-state index contributed by atoms with van der Waals surface area (Å²) in [6, 6.07) is 0. The summed E-state index contributed by atoms with van der Waals surface area (Å²) in [6.07, 6.45) is 7.80. The van der Waals surface area contributed by atoms with Crippen LogP contribution in [0.25, 0.3) is 11.6 Å². The van der Waals surface area contributed by atoms with E-state index in [0.29, 0.717) is 6.54 Å². The Bertz CT molecular complexity index is 733. The van der Waals surface area contributed by atoms with Crippen molar-refractivity contribution in [2.45, 2.75) is 33.4 Å². The average Bonchev–Trinajstić information content (AvgIpc) is 2.90. The first kappa shape index (κ1) is 13.2. The minimum absolute atomic E-state index is 0.0438. The minimum atomic E-state index is -0.415. The molecule has 1 heterocycles. The van der Waals surface area contributed by atoms with Gasteiger partial charge < -0.3 is 9.84 Å². The van der Waals surface area contributed by atoms with Crippen LogP contribution in [0, 0.1) is 5.41 Å². The van der Waals surface area contributed by atoms with Gasteiger partial charge in [-0.3, -0.25) is 4.68 Å². The molecular formula is C16H20N2O2. The summed E-state index contributed by atoms with van der Waals surface area (Å²) in [5.41, 5.74) is 2.34. The third-order valence-electron chi connectivity index (χ3n) is 3.92. The van der Waals surface area contributed by atoms with Crippen LogP contribution in [0.15, 0.2) is 29.7 Å². The molecule has 0 unspecified atom stereocenters. The molecule has 1 aromatic heterocycles. The predicted octanol–water partition coefficient (Wildman–Crippen LogP) is 0.705. The molecule has 0 amide bonds. The van der Waals surface area contributed by atoms with Gasteiger partial charge in [0.25, 0.3) is 0 Å². The van der Waals surface area contributed by atoms with Crippen molar-refractivity contribution < 1.29 is 9.84 Å². The Morgan fingerprint density at radius 3 is 2.85 bits per heavy atom. The third kappa shape index (κ3) is 1.83. The topological polar surface area (TPSA) is 47.3 Å². The molecular weight excluding hydrogens is 252 g/mol. The Kier molecular flexibility index (Phi) is 2.87. The van der Waals surface area contributed by atoms with Crippen LogP contribution in [-0.2, 0) is 11.3 Å². The number of methoxy groups -OCH3 is 1. The summed E-state index contributed by atoms with van der Waals surface area (Å²) < 4.78 is 7.34. The van der Waals surface area contributed by atoms with Gasteiger partial charge in [0.15, 0.2) is 0 Å². The molecule has 0 saturated carbocycles. The second-order valence-corrected chi connectivity index (χ2v) is 6.03. The zero-order chi connectivity index (χ0) is 14.5. The van der Waals surface area contributed by atoms with Gasteiger partial charge in [-0.15, -0.1) is 0 Å². The molecule has 1 atom stereocenters. The van der Waals surface area contributed by atoms with Crippen LogP contribution in [-0.4, -0.2) is 28.1 Å². The van der Waals surface area contributed by atoms with Gasteiger partial charge >= 0.3 is 0 Å². The first-order chi connectivity index (χ1) is 9.44. The van der Waals surface area contributed by atoms with E-state index in [0.717, 1.165) is 21.9 Å². The second kappa shape index (κ2) is 4.35. The van der Waals surface area contributed by atoms with Crippen molar-refractivity contribution in [1.82, 2.24) is 9.78 Å². The largest absolute Gasteiger partial charge is 0.496 e. The van der Waals surface area contributed by atoms with Gasteiger partial charge in [0.1, 0.15) is 5.76 Å². The number of hydrogen-bond donors (Lipinski definition) is 1. The molecule has 0 spiro atoms. The monoisotopic (exact) mass is 272 g/mol. The highest BCUT2D eigenvalue weighted by Crippen LogP contribution is 2.41. The fourth-order valence-electron chi connectivity index (χ4n) is 3.01. The summed E-state index contributed by atoms with van der Waals surface area (Å²) >= 11 is 0. The van der Waals surface area contributed by atoms with Crippen molar-refractivity contribution in [3.63, 3.8) is 0 Å². The van der Waals surface area contributed by atoms with Gasteiger partial charge in [-0.2, -0.15) is 5.10 Å². The smallest absolute Gasteiger partial charge is 0.126 e. The molecule has 0 radical (unpaired) electrons. The minimum Gasteiger partial charge on any atom is -0.496 e. The lowest BCUT2D eigenvalue weighted by molar-refractivity contribution is 0.167. The van der Waals surface area contributed by atoms with Crippen LogP contribution in [0.4, 0.5) is 0 Å². The summed E-state index contributed by atoms with van der Waals surface area (Å²) in [7, 11) is 1.70. The molecule has 1 aromatic rings. The number of aromatic nitrogens is 2. The lowest BCUT2D eigenvalue weighted by Crippen LogP contribution is -2.32. The van der Waals surface area contributed by atoms with Crippen molar-refractivity contribution in [1.29, 1.82) is 0 Å². The number of rotatable bonds is 3. The molecule has 0 saturated heterocycles. The highest BCUT2D eigenvalue weighted by Gasteiger charge is 2.32. The van der Waals surface area contributed by atoms with E-state index >= 15 is 0 Å². The number of aliphatic hydroxyl groups is 1. The van der Waals surface area contributed by atoms with E-state index in [1.165, 1.54) is 5.57 Å². The van der Waals surface area contributed by atoms with E-state index in [1.54, 1.807) is 14.0 Å². The number of ether oxygens (including phenoxy) is 1. The number of allylic oxidation sites excluding steroid dienone is 3. The Morgan fingerprint density at radius 1 is 1.45 bits per heavy atom. The molecule has 2 aliphatic rings.